The molecule has 1 saturated carbocycles. The van der Waals surface area contributed by atoms with E-state index in [1.54, 1.807) is 22.2 Å². The van der Waals surface area contributed by atoms with Crippen molar-refractivity contribution in [3.8, 4) is 0 Å². The van der Waals surface area contributed by atoms with Gasteiger partial charge in [-0.1, -0.05) is 12.2 Å². The fourth-order valence-corrected chi connectivity index (χ4v) is 4.13. The molecule has 0 saturated heterocycles. The molecule has 0 N–H and O–H groups in total. The number of allylic oxidation sites excluding steroid dienone is 4. The molecule has 5 rings (SSSR count). The lowest BCUT2D eigenvalue weighted by molar-refractivity contribution is -0.138. The summed E-state index contributed by atoms with van der Waals surface area (Å²) in [7, 11) is 0. The number of amides is 2. The summed E-state index contributed by atoms with van der Waals surface area (Å²) in [6.45, 7) is 0. The topological polar surface area (TPSA) is 65.3 Å². The zero-order valence-electron chi connectivity index (χ0n) is 12.9. The minimum Gasteiger partial charge on any atom is -0.274 e. The largest absolute Gasteiger partial charge is 0.274 e. The second-order valence-corrected chi connectivity index (χ2v) is 6.61. The first kappa shape index (κ1) is 13.7. The highest BCUT2D eigenvalue weighted by atomic mass is 16.2. The lowest BCUT2D eigenvalue weighted by Gasteiger charge is -2.44. The average Bonchev–Trinajstić information content (AvgIpc) is 2.62. The maximum absolute atomic E-state index is 12.8. The van der Waals surface area contributed by atoms with Crippen molar-refractivity contribution in [2.24, 2.45) is 21.8 Å². The van der Waals surface area contributed by atoms with Crippen molar-refractivity contribution >= 4 is 23.5 Å². The number of hydrogen-bond donors (Lipinski definition) is 0. The van der Waals surface area contributed by atoms with E-state index in [1.807, 2.05) is 36.5 Å². The lowest BCUT2D eigenvalue weighted by atomic mass is 9.72. The van der Waals surface area contributed by atoms with Gasteiger partial charge in [0.1, 0.15) is 11.7 Å². The van der Waals surface area contributed by atoms with Crippen molar-refractivity contribution in [3.05, 3.63) is 48.9 Å². The van der Waals surface area contributed by atoms with Gasteiger partial charge in [-0.15, -0.1) is 0 Å². The van der Waals surface area contributed by atoms with Crippen LogP contribution in [0.5, 0.6) is 0 Å². The number of hydrogen-bond acceptors (Lipinski definition) is 4. The van der Waals surface area contributed by atoms with Crippen molar-refractivity contribution in [2.75, 3.05) is 0 Å². The van der Waals surface area contributed by atoms with Crippen molar-refractivity contribution in [3.63, 3.8) is 0 Å². The van der Waals surface area contributed by atoms with Gasteiger partial charge in [-0.2, -0.15) is 0 Å². The molecule has 24 heavy (non-hydrogen) atoms. The van der Waals surface area contributed by atoms with Gasteiger partial charge in [-0.05, 0) is 37.1 Å². The van der Waals surface area contributed by atoms with Crippen LogP contribution in [0.1, 0.15) is 12.8 Å². The zero-order valence-corrected chi connectivity index (χ0v) is 12.9. The summed E-state index contributed by atoms with van der Waals surface area (Å²) in [5.41, 5.74) is 0. The third-order valence-electron chi connectivity index (χ3n) is 5.30. The Morgan fingerprint density at radius 2 is 1.21 bits per heavy atom. The summed E-state index contributed by atoms with van der Waals surface area (Å²) in [5.74, 6) is 1.10. The summed E-state index contributed by atoms with van der Waals surface area (Å²) in [4.78, 5) is 38.4. The zero-order chi connectivity index (χ0) is 16.3. The first-order valence-electron chi connectivity index (χ1n) is 8.24. The molecule has 6 nitrogen and oxygen atoms in total. The normalized spacial score (nSPS) is 35.8. The maximum atomic E-state index is 12.8. The highest BCUT2D eigenvalue weighted by Crippen LogP contribution is 2.40. The molecule has 2 amide bonds. The van der Waals surface area contributed by atoms with Crippen LogP contribution < -0.4 is 0 Å². The summed E-state index contributed by atoms with van der Waals surface area (Å²) in [5, 5.41) is 0. The number of aliphatic imine (C=N–C) groups is 2. The molecular weight excluding hydrogens is 304 g/mol. The number of carbonyl (C=O) groups excluding carboxylic acids is 2. The second kappa shape index (κ2) is 4.87. The SMILES string of the molecule is O=C1C2CC3N=C4C=CC=CN4C(=O)C3CC2N=C2C=CC=CN12. The van der Waals surface area contributed by atoms with Crippen molar-refractivity contribution in [1.82, 2.24) is 9.80 Å². The summed E-state index contributed by atoms with van der Waals surface area (Å²) in [6, 6.07) is -0.266. The monoisotopic (exact) mass is 320 g/mol. The smallest absolute Gasteiger partial charge is 0.237 e. The van der Waals surface area contributed by atoms with E-state index in [0.29, 0.717) is 24.5 Å². The Morgan fingerprint density at radius 1 is 0.750 bits per heavy atom. The van der Waals surface area contributed by atoms with Crippen LogP contribution in [0.2, 0.25) is 0 Å². The summed E-state index contributed by atoms with van der Waals surface area (Å²) >= 11 is 0. The Morgan fingerprint density at radius 3 is 1.67 bits per heavy atom. The van der Waals surface area contributed by atoms with E-state index in [1.165, 1.54) is 0 Å². The van der Waals surface area contributed by atoms with Crippen LogP contribution in [0.4, 0.5) is 0 Å². The van der Waals surface area contributed by atoms with E-state index in [0.717, 1.165) is 0 Å². The van der Waals surface area contributed by atoms with Gasteiger partial charge in [0.25, 0.3) is 0 Å². The van der Waals surface area contributed by atoms with Gasteiger partial charge >= 0.3 is 0 Å². The number of fused-ring (bicyclic) bond motifs is 4. The van der Waals surface area contributed by atoms with Gasteiger partial charge in [-0.3, -0.25) is 29.4 Å². The molecule has 1 fully saturated rings. The van der Waals surface area contributed by atoms with E-state index in [4.69, 9.17) is 9.98 Å². The summed E-state index contributed by atoms with van der Waals surface area (Å²) < 4.78 is 0. The minimum atomic E-state index is -0.196. The van der Waals surface area contributed by atoms with E-state index in [2.05, 4.69) is 0 Å². The van der Waals surface area contributed by atoms with Gasteiger partial charge in [0.2, 0.25) is 11.8 Å². The van der Waals surface area contributed by atoms with Crippen molar-refractivity contribution < 1.29 is 9.59 Å². The molecule has 4 unspecified atom stereocenters. The Balaban J connectivity index is 1.51. The van der Waals surface area contributed by atoms with Crippen LogP contribution in [-0.2, 0) is 9.59 Å². The molecule has 0 aromatic heterocycles. The van der Waals surface area contributed by atoms with Crippen molar-refractivity contribution in [1.29, 1.82) is 0 Å². The Bertz CT molecular complexity index is 749. The molecule has 1 aliphatic carbocycles. The van der Waals surface area contributed by atoms with Crippen LogP contribution in [0.25, 0.3) is 0 Å². The number of rotatable bonds is 0. The fourth-order valence-electron chi connectivity index (χ4n) is 4.13. The van der Waals surface area contributed by atoms with Gasteiger partial charge in [0.05, 0.1) is 23.9 Å². The number of carbonyl (C=O) groups is 2. The lowest BCUT2D eigenvalue weighted by Crippen LogP contribution is -2.56. The minimum absolute atomic E-state index is 0.0678. The molecule has 4 aliphatic heterocycles. The molecule has 120 valence electrons. The number of nitrogens with zero attached hydrogens (tertiary/aromatic N) is 4. The quantitative estimate of drug-likeness (QED) is 0.677. The molecule has 0 bridgehead atoms. The Labute approximate surface area is 139 Å². The summed E-state index contributed by atoms with van der Waals surface area (Å²) in [6.07, 6.45) is 15.8. The highest BCUT2D eigenvalue weighted by molar-refractivity contribution is 6.10. The molecule has 4 heterocycles. The molecule has 4 atom stereocenters. The fraction of sp³-hybridized carbons (Fsp3) is 0.333. The highest BCUT2D eigenvalue weighted by Gasteiger charge is 2.49. The van der Waals surface area contributed by atoms with E-state index >= 15 is 0 Å². The maximum Gasteiger partial charge on any atom is 0.237 e. The molecular formula is C18H16N4O2. The molecule has 5 aliphatic rings. The molecule has 0 aromatic rings. The van der Waals surface area contributed by atoms with Crippen LogP contribution in [-0.4, -0.2) is 45.4 Å². The third-order valence-corrected chi connectivity index (χ3v) is 5.30. The predicted molar refractivity (Wildman–Crippen MR) is 88.9 cm³/mol. The first-order valence-corrected chi connectivity index (χ1v) is 8.24. The van der Waals surface area contributed by atoms with Gasteiger partial charge in [0.15, 0.2) is 0 Å². The molecule has 0 spiro atoms. The van der Waals surface area contributed by atoms with Gasteiger partial charge in [0, 0.05) is 12.4 Å². The van der Waals surface area contributed by atoms with Crippen LogP contribution in [0.3, 0.4) is 0 Å². The molecule has 0 radical (unpaired) electrons. The van der Waals surface area contributed by atoms with Crippen molar-refractivity contribution in [2.45, 2.75) is 24.9 Å². The Hall–Kier alpha value is -2.76. The van der Waals surface area contributed by atoms with E-state index < -0.39 is 0 Å². The Kier molecular flexibility index (Phi) is 2.77. The van der Waals surface area contributed by atoms with Crippen LogP contribution in [0, 0.1) is 11.8 Å². The van der Waals surface area contributed by atoms with Crippen LogP contribution >= 0.6 is 0 Å². The second-order valence-electron chi connectivity index (χ2n) is 6.61. The van der Waals surface area contributed by atoms with E-state index in [9.17, 15) is 9.59 Å². The van der Waals surface area contributed by atoms with Gasteiger partial charge < -0.3 is 0 Å². The standard InChI is InChI=1S/C18H16N4O2/c23-17-11-10-14-12(18(24)22-8-4-2-6-16(22)20-14)9-13(11)19-15-5-1-3-7-21(15)17/h1-8,11-14H,9-10H2. The van der Waals surface area contributed by atoms with Gasteiger partial charge in [-0.25, -0.2) is 0 Å². The first-order chi connectivity index (χ1) is 11.7. The average molecular weight is 320 g/mol. The van der Waals surface area contributed by atoms with Crippen LogP contribution in [0.15, 0.2) is 58.8 Å². The van der Waals surface area contributed by atoms with E-state index in [-0.39, 0.29) is 35.7 Å². The predicted octanol–water partition coefficient (Wildman–Crippen LogP) is 1.40. The number of amidine groups is 2. The molecule has 6 heteroatoms. The third kappa shape index (κ3) is 1.82. The molecule has 0 aromatic carbocycles.